The van der Waals surface area contributed by atoms with E-state index in [9.17, 15) is 18.0 Å². The van der Waals surface area contributed by atoms with E-state index < -0.39 is 35.0 Å². The van der Waals surface area contributed by atoms with Crippen LogP contribution in [0.4, 0.5) is 18.9 Å². The van der Waals surface area contributed by atoms with Crippen molar-refractivity contribution in [3.05, 3.63) is 41.6 Å². The molecule has 3 heterocycles. The number of nitrogens with zero attached hydrogens (tertiary/aromatic N) is 3. The van der Waals surface area contributed by atoms with Gasteiger partial charge in [-0.3, -0.25) is 20.1 Å². The molecule has 2 aliphatic heterocycles. The predicted molar refractivity (Wildman–Crippen MR) is 99.5 cm³/mol. The molecule has 1 amide bonds. The number of likely N-dealkylation sites (tertiary alicyclic amines) is 1. The van der Waals surface area contributed by atoms with E-state index in [0.29, 0.717) is 24.9 Å². The lowest BCUT2D eigenvalue weighted by Gasteiger charge is -2.36. The Balaban J connectivity index is 1.82. The standard InChI is InChI=1S/C17H18F3N7O2/c1-27-7-9(8-27)29-11-2-4-23-6-10(11)25-16(28)13(14(21)22)15-24-5-3-12(26-15)17(18,19)20/h2-6,9,26H,7-8H2,1H3,(H3,21,22)(H,25,28)/b15-13-. The number of allylic oxidation sites excluding steroid dienone is 2. The molecule has 1 aromatic heterocycles. The summed E-state index contributed by atoms with van der Waals surface area (Å²) in [6.07, 6.45) is -0.357. The smallest absolute Gasteiger partial charge is 0.431 e. The van der Waals surface area contributed by atoms with Crippen molar-refractivity contribution >= 4 is 23.6 Å². The topological polar surface area (TPSA) is 129 Å². The summed E-state index contributed by atoms with van der Waals surface area (Å²) in [6.45, 7) is 1.42. The molecule has 5 N–H and O–H groups in total. The molecule has 0 aliphatic carbocycles. The average Bonchev–Trinajstić information content (AvgIpc) is 2.61. The minimum absolute atomic E-state index is 0.0622. The average molecular weight is 409 g/mol. The summed E-state index contributed by atoms with van der Waals surface area (Å²) in [6, 6.07) is 1.55. The summed E-state index contributed by atoms with van der Waals surface area (Å²) < 4.78 is 44.6. The number of amidine groups is 1. The fraction of sp³-hybridized carbons (Fsp3) is 0.294. The van der Waals surface area contributed by atoms with Crippen LogP contribution in [0.15, 0.2) is 46.6 Å². The van der Waals surface area contributed by atoms with Gasteiger partial charge in [-0.25, -0.2) is 4.99 Å². The van der Waals surface area contributed by atoms with E-state index >= 15 is 0 Å². The Bertz CT molecular complexity index is 918. The summed E-state index contributed by atoms with van der Waals surface area (Å²) in [5.74, 6) is -1.83. The minimum Gasteiger partial charge on any atom is -0.485 e. The lowest BCUT2D eigenvalue weighted by Crippen LogP contribution is -2.51. The first-order chi connectivity index (χ1) is 13.6. The lowest BCUT2D eigenvalue weighted by molar-refractivity contribution is -0.112. The molecule has 29 heavy (non-hydrogen) atoms. The summed E-state index contributed by atoms with van der Waals surface area (Å²) in [5, 5.41) is 12.1. The Labute approximate surface area is 163 Å². The maximum atomic E-state index is 12.9. The summed E-state index contributed by atoms with van der Waals surface area (Å²) in [4.78, 5) is 22.4. The SMILES string of the molecule is CN1CC(Oc2ccncc2NC(=O)/C(C(=N)N)=C2/N=CC=C(C(F)(F)F)N2)C1. The molecular weight excluding hydrogens is 391 g/mol. The number of hydrogen-bond acceptors (Lipinski definition) is 7. The van der Waals surface area contributed by atoms with E-state index in [0.717, 1.165) is 6.21 Å². The number of nitrogens with one attached hydrogen (secondary N) is 3. The number of carbonyl (C=O) groups is 1. The Morgan fingerprint density at radius 3 is 2.79 bits per heavy atom. The molecule has 0 aromatic carbocycles. The summed E-state index contributed by atoms with van der Waals surface area (Å²) in [5.41, 5.74) is 3.95. The molecular formula is C17H18F3N7O2. The van der Waals surface area contributed by atoms with E-state index in [1.165, 1.54) is 12.4 Å². The normalized spacial score (nSPS) is 19.0. The van der Waals surface area contributed by atoms with Crippen molar-refractivity contribution in [1.82, 2.24) is 15.2 Å². The fourth-order valence-corrected chi connectivity index (χ4v) is 2.70. The first-order valence-corrected chi connectivity index (χ1v) is 8.43. The molecule has 12 heteroatoms. The molecule has 154 valence electrons. The monoisotopic (exact) mass is 409 g/mol. The van der Waals surface area contributed by atoms with Crippen LogP contribution in [0.3, 0.4) is 0 Å². The molecule has 3 rings (SSSR count). The number of likely N-dealkylation sites (N-methyl/N-ethyl adjacent to an activating group) is 1. The second kappa shape index (κ2) is 7.91. The zero-order valence-electron chi connectivity index (χ0n) is 15.2. The van der Waals surface area contributed by atoms with Gasteiger partial charge in [0.2, 0.25) is 0 Å². The van der Waals surface area contributed by atoms with E-state index in [2.05, 4.69) is 15.3 Å². The second-order valence-electron chi connectivity index (χ2n) is 6.41. The van der Waals surface area contributed by atoms with Gasteiger partial charge in [0.15, 0.2) is 0 Å². The number of aromatic nitrogens is 1. The van der Waals surface area contributed by atoms with Crippen LogP contribution in [0.2, 0.25) is 0 Å². The predicted octanol–water partition coefficient (Wildman–Crippen LogP) is 0.981. The van der Waals surface area contributed by atoms with Crippen molar-refractivity contribution in [1.29, 1.82) is 5.41 Å². The van der Waals surface area contributed by atoms with Gasteiger partial charge in [0.05, 0.1) is 6.20 Å². The molecule has 0 spiro atoms. The maximum Gasteiger partial charge on any atom is 0.431 e. The Morgan fingerprint density at radius 2 is 2.17 bits per heavy atom. The molecule has 0 atom stereocenters. The van der Waals surface area contributed by atoms with Gasteiger partial charge in [-0.2, -0.15) is 13.2 Å². The van der Waals surface area contributed by atoms with E-state index in [-0.39, 0.29) is 11.8 Å². The summed E-state index contributed by atoms with van der Waals surface area (Å²) in [7, 11) is 1.93. The highest BCUT2D eigenvalue weighted by Gasteiger charge is 2.36. The first kappa shape index (κ1) is 20.3. The third-order valence-corrected chi connectivity index (χ3v) is 4.09. The van der Waals surface area contributed by atoms with Gasteiger partial charge >= 0.3 is 6.18 Å². The number of anilines is 1. The highest BCUT2D eigenvalue weighted by Crippen LogP contribution is 2.28. The van der Waals surface area contributed by atoms with Crippen LogP contribution in [0.25, 0.3) is 0 Å². The number of hydrogen-bond donors (Lipinski definition) is 4. The zero-order valence-corrected chi connectivity index (χ0v) is 15.2. The number of rotatable bonds is 5. The molecule has 9 nitrogen and oxygen atoms in total. The molecule has 1 fully saturated rings. The van der Waals surface area contributed by atoms with Gasteiger partial charge in [-0.1, -0.05) is 0 Å². The number of carbonyl (C=O) groups excluding carboxylic acids is 1. The Hall–Kier alpha value is -3.41. The van der Waals surface area contributed by atoms with Gasteiger partial charge < -0.3 is 21.1 Å². The molecule has 1 aromatic rings. The Kier molecular flexibility index (Phi) is 5.55. The van der Waals surface area contributed by atoms with Crippen molar-refractivity contribution in [3.8, 4) is 5.75 Å². The lowest BCUT2D eigenvalue weighted by atomic mass is 10.2. The van der Waals surface area contributed by atoms with E-state index in [4.69, 9.17) is 15.9 Å². The van der Waals surface area contributed by atoms with Crippen molar-refractivity contribution in [2.45, 2.75) is 12.3 Å². The third kappa shape index (κ3) is 4.71. The third-order valence-electron chi connectivity index (χ3n) is 4.09. The molecule has 0 unspecified atom stereocenters. The van der Waals surface area contributed by atoms with E-state index in [1.807, 2.05) is 17.3 Å². The quantitative estimate of drug-likeness (QED) is 0.326. The highest BCUT2D eigenvalue weighted by atomic mass is 19.4. The molecule has 0 bridgehead atoms. The number of pyridine rings is 1. The molecule has 1 saturated heterocycles. The number of amides is 1. The zero-order chi connectivity index (χ0) is 21.2. The van der Waals surface area contributed by atoms with Crippen LogP contribution in [0.1, 0.15) is 0 Å². The van der Waals surface area contributed by atoms with Crippen molar-refractivity contribution in [2.75, 3.05) is 25.5 Å². The van der Waals surface area contributed by atoms with Gasteiger partial charge in [0.1, 0.15) is 40.5 Å². The molecule has 2 aliphatic rings. The van der Waals surface area contributed by atoms with Crippen LogP contribution in [0, 0.1) is 5.41 Å². The number of alkyl halides is 3. The van der Waals surface area contributed by atoms with Crippen molar-refractivity contribution < 1.29 is 22.7 Å². The second-order valence-corrected chi connectivity index (χ2v) is 6.41. The molecule has 0 radical (unpaired) electrons. The number of halogens is 3. The minimum atomic E-state index is -4.68. The fourth-order valence-electron chi connectivity index (χ4n) is 2.70. The number of ether oxygens (including phenoxy) is 1. The van der Waals surface area contributed by atoms with E-state index in [1.54, 1.807) is 6.07 Å². The number of nitrogens with two attached hydrogens (primary N) is 1. The summed E-state index contributed by atoms with van der Waals surface area (Å²) >= 11 is 0. The van der Waals surface area contributed by atoms with Gasteiger partial charge in [0.25, 0.3) is 5.91 Å². The maximum absolute atomic E-state index is 12.9. The van der Waals surface area contributed by atoms with Crippen LogP contribution in [-0.2, 0) is 4.79 Å². The first-order valence-electron chi connectivity index (χ1n) is 8.43. The van der Waals surface area contributed by atoms with Crippen LogP contribution < -0.4 is 21.1 Å². The van der Waals surface area contributed by atoms with Crippen molar-refractivity contribution in [2.24, 2.45) is 10.7 Å². The Morgan fingerprint density at radius 1 is 1.45 bits per heavy atom. The van der Waals surface area contributed by atoms with Crippen LogP contribution in [-0.4, -0.2) is 60.3 Å². The largest absolute Gasteiger partial charge is 0.485 e. The van der Waals surface area contributed by atoms with Crippen LogP contribution >= 0.6 is 0 Å². The van der Waals surface area contributed by atoms with Gasteiger partial charge in [-0.15, -0.1) is 0 Å². The van der Waals surface area contributed by atoms with Crippen molar-refractivity contribution in [3.63, 3.8) is 0 Å². The number of aliphatic imine (C=N–C) groups is 1. The highest BCUT2D eigenvalue weighted by molar-refractivity contribution is 6.24. The van der Waals surface area contributed by atoms with Gasteiger partial charge in [-0.05, 0) is 13.1 Å². The van der Waals surface area contributed by atoms with Crippen LogP contribution in [0.5, 0.6) is 5.75 Å². The van der Waals surface area contributed by atoms with Gasteiger partial charge in [0, 0.05) is 31.6 Å². The molecule has 0 saturated carbocycles.